The molecule has 0 saturated heterocycles. The molecule has 3 nitrogen and oxygen atoms in total. The predicted octanol–water partition coefficient (Wildman–Crippen LogP) is 3.40. The maximum Gasteiger partial charge on any atom is 0.0943 e. The second kappa shape index (κ2) is 7.05. The molecule has 0 aromatic rings. The van der Waals surface area contributed by atoms with Crippen LogP contribution in [0, 0.1) is 11.3 Å². The minimum Gasteiger partial charge on any atom is -0.390 e. The topological polar surface area (TPSA) is 38.7 Å². The van der Waals surface area contributed by atoms with E-state index < -0.39 is 6.10 Å². The monoisotopic (exact) mass is 272 g/mol. The van der Waals surface area contributed by atoms with Crippen molar-refractivity contribution >= 4 is 0 Å². The highest BCUT2D eigenvalue weighted by Gasteiger charge is 2.45. The molecule has 0 aromatic heterocycles. The molecular weight excluding hydrogens is 240 g/mol. The lowest BCUT2D eigenvalue weighted by atomic mass is 9.67. The van der Waals surface area contributed by atoms with E-state index in [0.717, 1.165) is 32.1 Å². The van der Waals surface area contributed by atoms with Crippen LogP contribution in [0.2, 0.25) is 0 Å². The zero-order valence-corrected chi connectivity index (χ0v) is 13.4. The molecule has 0 bridgehead atoms. The van der Waals surface area contributed by atoms with Crippen molar-refractivity contribution in [1.82, 2.24) is 0 Å². The van der Waals surface area contributed by atoms with E-state index in [4.69, 9.17) is 9.47 Å². The number of hydrogen-bond donors (Lipinski definition) is 1. The summed E-state index contributed by atoms with van der Waals surface area (Å²) in [5.74, 6) is 0.215. The zero-order valence-electron chi connectivity index (χ0n) is 13.4. The summed E-state index contributed by atoms with van der Waals surface area (Å²) in [6.45, 7) is 10.1. The highest BCUT2D eigenvalue weighted by atomic mass is 16.5. The van der Waals surface area contributed by atoms with Crippen molar-refractivity contribution in [1.29, 1.82) is 0 Å². The Hall–Kier alpha value is -0.120. The Kier molecular flexibility index (Phi) is 6.28. The van der Waals surface area contributed by atoms with Crippen LogP contribution in [0.25, 0.3) is 0 Å². The molecule has 3 heteroatoms. The molecule has 1 N–H and O–H groups in total. The molecule has 114 valence electrons. The van der Waals surface area contributed by atoms with Crippen molar-refractivity contribution in [3.63, 3.8) is 0 Å². The van der Waals surface area contributed by atoms with Crippen molar-refractivity contribution in [2.75, 3.05) is 20.3 Å². The molecule has 2 atom stereocenters. The number of aliphatic hydroxyl groups is 1. The van der Waals surface area contributed by atoms with Crippen LogP contribution in [0.1, 0.15) is 59.8 Å². The third-order valence-corrected chi connectivity index (χ3v) is 4.74. The predicted molar refractivity (Wildman–Crippen MR) is 78.3 cm³/mol. The van der Waals surface area contributed by atoms with Gasteiger partial charge in [-0.25, -0.2) is 0 Å². The van der Waals surface area contributed by atoms with E-state index >= 15 is 0 Å². The number of aliphatic hydroxyl groups excluding tert-OH is 1. The molecule has 0 spiro atoms. The first-order valence-corrected chi connectivity index (χ1v) is 7.68. The van der Waals surface area contributed by atoms with E-state index in [0.29, 0.717) is 18.6 Å². The molecule has 1 rings (SSSR count). The van der Waals surface area contributed by atoms with Gasteiger partial charge >= 0.3 is 0 Å². The van der Waals surface area contributed by atoms with Crippen molar-refractivity contribution in [2.45, 2.75) is 71.5 Å². The lowest BCUT2D eigenvalue weighted by molar-refractivity contribution is -0.167. The zero-order chi connectivity index (χ0) is 14.5. The van der Waals surface area contributed by atoms with Gasteiger partial charge in [-0.2, -0.15) is 0 Å². The average molecular weight is 272 g/mol. The molecule has 1 aliphatic rings. The number of ether oxygens (including phenoxy) is 2. The van der Waals surface area contributed by atoms with E-state index in [-0.39, 0.29) is 11.5 Å². The minimum absolute atomic E-state index is 0.215. The summed E-state index contributed by atoms with van der Waals surface area (Å²) in [6.07, 6.45) is 4.68. The molecule has 1 fully saturated rings. The van der Waals surface area contributed by atoms with Crippen molar-refractivity contribution in [2.24, 2.45) is 11.3 Å². The Labute approximate surface area is 118 Å². The highest BCUT2D eigenvalue weighted by Crippen LogP contribution is 2.45. The minimum atomic E-state index is -0.390. The van der Waals surface area contributed by atoms with E-state index in [1.54, 1.807) is 7.11 Å². The third kappa shape index (κ3) is 4.44. The molecule has 0 radical (unpaired) electrons. The van der Waals surface area contributed by atoms with E-state index in [1.165, 1.54) is 0 Å². The van der Waals surface area contributed by atoms with E-state index in [1.807, 2.05) is 6.92 Å². The van der Waals surface area contributed by atoms with Gasteiger partial charge in [-0.3, -0.25) is 0 Å². The summed E-state index contributed by atoms with van der Waals surface area (Å²) < 4.78 is 11.2. The maximum absolute atomic E-state index is 10.7. The van der Waals surface area contributed by atoms with Gasteiger partial charge in [0.2, 0.25) is 0 Å². The van der Waals surface area contributed by atoms with Gasteiger partial charge in [0, 0.05) is 20.3 Å². The fourth-order valence-electron chi connectivity index (χ4n) is 3.14. The first-order valence-electron chi connectivity index (χ1n) is 7.68. The molecule has 0 aliphatic heterocycles. The van der Waals surface area contributed by atoms with Crippen molar-refractivity contribution in [3.05, 3.63) is 0 Å². The maximum atomic E-state index is 10.7. The van der Waals surface area contributed by atoms with Crippen LogP contribution in [0.15, 0.2) is 0 Å². The SMILES string of the molecule is CCOC1(C(O)C(C)CCOC)CCC(C)(C)CC1. The van der Waals surface area contributed by atoms with Crippen LogP contribution in [0.3, 0.4) is 0 Å². The van der Waals surface area contributed by atoms with Gasteiger partial charge in [-0.05, 0) is 50.4 Å². The van der Waals surface area contributed by atoms with Gasteiger partial charge in [0.25, 0.3) is 0 Å². The Morgan fingerprint density at radius 2 is 1.74 bits per heavy atom. The summed E-state index contributed by atoms with van der Waals surface area (Å²) in [5.41, 5.74) is 0.0491. The average Bonchev–Trinajstić information content (AvgIpc) is 2.38. The van der Waals surface area contributed by atoms with Crippen molar-refractivity contribution < 1.29 is 14.6 Å². The standard InChI is InChI=1S/C16H32O3/c1-6-19-16(10-8-15(3,4)9-11-16)14(17)13(2)7-12-18-5/h13-14,17H,6-12H2,1-5H3. The summed E-state index contributed by atoms with van der Waals surface area (Å²) in [4.78, 5) is 0. The molecular formula is C16H32O3. The quantitative estimate of drug-likeness (QED) is 0.772. The van der Waals surface area contributed by atoms with Gasteiger partial charge in [0.1, 0.15) is 0 Å². The Morgan fingerprint density at radius 1 is 1.16 bits per heavy atom. The van der Waals surface area contributed by atoms with Gasteiger partial charge in [-0.1, -0.05) is 20.8 Å². The highest BCUT2D eigenvalue weighted by molar-refractivity contribution is 4.97. The van der Waals surface area contributed by atoms with Crippen LogP contribution >= 0.6 is 0 Å². The van der Waals surface area contributed by atoms with Crippen LogP contribution in [0.4, 0.5) is 0 Å². The largest absolute Gasteiger partial charge is 0.390 e. The lowest BCUT2D eigenvalue weighted by Gasteiger charge is -2.47. The molecule has 1 saturated carbocycles. The molecule has 0 aromatic carbocycles. The van der Waals surface area contributed by atoms with Crippen molar-refractivity contribution in [3.8, 4) is 0 Å². The van der Waals surface area contributed by atoms with Gasteiger partial charge in [0.05, 0.1) is 11.7 Å². The number of hydrogen-bond acceptors (Lipinski definition) is 3. The first kappa shape index (κ1) is 16.9. The lowest BCUT2D eigenvalue weighted by Crippen LogP contribution is -2.51. The number of rotatable bonds is 7. The second-order valence-corrected chi connectivity index (χ2v) is 6.87. The van der Waals surface area contributed by atoms with Crippen LogP contribution in [-0.4, -0.2) is 37.1 Å². The fraction of sp³-hybridized carbons (Fsp3) is 1.00. The summed E-state index contributed by atoms with van der Waals surface area (Å²) in [5, 5.41) is 10.7. The Bertz CT molecular complexity index is 253. The Balaban J connectivity index is 2.70. The summed E-state index contributed by atoms with van der Waals surface area (Å²) in [6, 6.07) is 0. The molecule has 0 heterocycles. The smallest absolute Gasteiger partial charge is 0.0943 e. The van der Waals surface area contributed by atoms with Gasteiger partial charge in [-0.15, -0.1) is 0 Å². The summed E-state index contributed by atoms with van der Waals surface area (Å²) in [7, 11) is 1.71. The molecule has 2 unspecified atom stereocenters. The number of methoxy groups -OCH3 is 1. The van der Waals surface area contributed by atoms with Crippen LogP contribution < -0.4 is 0 Å². The molecule has 0 amide bonds. The van der Waals surface area contributed by atoms with Crippen LogP contribution in [0.5, 0.6) is 0 Å². The van der Waals surface area contributed by atoms with Crippen LogP contribution in [-0.2, 0) is 9.47 Å². The third-order valence-electron chi connectivity index (χ3n) is 4.74. The molecule has 1 aliphatic carbocycles. The Morgan fingerprint density at radius 3 is 2.21 bits per heavy atom. The normalized spacial score (nSPS) is 24.9. The summed E-state index contributed by atoms with van der Waals surface area (Å²) >= 11 is 0. The van der Waals surface area contributed by atoms with E-state index in [2.05, 4.69) is 20.8 Å². The fourth-order valence-corrected chi connectivity index (χ4v) is 3.14. The second-order valence-electron chi connectivity index (χ2n) is 6.87. The van der Waals surface area contributed by atoms with Gasteiger partial charge < -0.3 is 14.6 Å². The first-order chi connectivity index (χ1) is 8.87. The molecule has 19 heavy (non-hydrogen) atoms. The van der Waals surface area contributed by atoms with Gasteiger partial charge in [0.15, 0.2) is 0 Å². The van der Waals surface area contributed by atoms with E-state index in [9.17, 15) is 5.11 Å².